The summed E-state index contributed by atoms with van der Waals surface area (Å²) in [6.07, 6.45) is 7.49. The van der Waals surface area contributed by atoms with Crippen molar-refractivity contribution in [1.82, 2.24) is 14.7 Å². The van der Waals surface area contributed by atoms with Crippen molar-refractivity contribution >= 4 is 34.1 Å². The molecule has 0 saturated carbocycles. The highest BCUT2D eigenvalue weighted by molar-refractivity contribution is 6.11. The summed E-state index contributed by atoms with van der Waals surface area (Å²) in [5.41, 5.74) is 5.31. The minimum Gasteiger partial charge on any atom is -0.321 e. The fourth-order valence-electron chi connectivity index (χ4n) is 4.39. The summed E-state index contributed by atoms with van der Waals surface area (Å²) in [7, 11) is 3.99. The molecule has 2 amide bonds. The van der Waals surface area contributed by atoms with E-state index in [2.05, 4.69) is 25.5 Å². The number of carbonyl (C=O) groups excluding carboxylic acids is 2. The van der Waals surface area contributed by atoms with Crippen molar-refractivity contribution in [3.05, 3.63) is 89.2 Å². The van der Waals surface area contributed by atoms with Crippen LogP contribution < -0.4 is 5.32 Å². The van der Waals surface area contributed by atoms with E-state index in [-0.39, 0.29) is 11.8 Å². The Morgan fingerprint density at radius 3 is 2.74 bits per heavy atom. The molecule has 8 heteroatoms. The Bertz CT molecular complexity index is 1460. The lowest BCUT2D eigenvalue weighted by Crippen LogP contribution is -2.23. The molecule has 1 unspecified atom stereocenters. The second-order valence-corrected chi connectivity index (χ2v) is 8.94. The zero-order valence-corrected chi connectivity index (χ0v) is 19.9. The molecular formula is C27H26N6O2. The molecule has 176 valence electrons. The fourth-order valence-corrected chi connectivity index (χ4v) is 4.39. The number of fused-ring (bicyclic) bond motifs is 2. The number of aromatic nitrogens is 2. The highest BCUT2D eigenvalue weighted by Crippen LogP contribution is 2.36. The number of azo groups is 1. The van der Waals surface area contributed by atoms with Gasteiger partial charge in [0.1, 0.15) is 5.69 Å². The van der Waals surface area contributed by atoms with Crippen LogP contribution in [0.4, 0.5) is 5.69 Å². The lowest BCUT2D eigenvalue weighted by atomic mass is 9.88. The van der Waals surface area contributed by atoms with Crippen molar-refractivity contribution in [3.63, 3.8) is 0 Å². The molecule has 1 aromatic heterocycles. The number of aryl methyl sites for hydroxylation is 1. The molecule has 2 heterocycles. The van der Waals surface area contributed by atoms with Gasteiger partial charge in [-0.25, -0.2) is 0 Å². The summed E-state index contributed by atoms with van der Waals surface area (Å²) < 4.78 is 1.77. The Morgan fingerprint density at radius 2 is 1.94 bits per heavy atom. The highest BCUT2D eigenvalue weighted by atomic mass is 16.2. The predicted octanol–water partition coefficient (Wildman–Crippen LogP) is 4.60. The molecule has 0 saturated heterocycles. The molecule has 1 aliphatic heterocycles. The molecule has 5 rings (SSSR count). The molecule has 1 atom stereocenters. The SMILES string of the molecule is Cc1cc(NC(=O)c2c3ccccc3nn2CCN(C)C)ccc1C1=C2C=CC=CC2C(=O)N=N1. The van der Waals surface area contributed by atoms with Crippen LogP contribution in [-0.4, -0.2) is 47.1 Å². The van der Waals surface area contributed by atoms with Crippen molar-refractivity contribution in [2.45, 2.75) is 13.5 Å². The summed E-state index contributed by atoms with van der Waals surface area (Å²) in [5.74, 6) is -0.874. The zero-order chi connectivity index (χ0) is 24.5. The maximum absolute atomic E-state index is 13.4. The largest absolute Gasteiger partial charge is 0.321 e. The van der Waals surface area contributed by atoms with Crippen LogP contribution in [0.25, 0.3) is 16.6 Å². The third-order valence-electron chi connectivity index (χ3n) is 6.17. The molecular weight excluding hydrogens is 440 g/mol. The second kappa shape index (κ2) is 9.23. The third-order valence-corrected chi connectivity index (χ3v) is 6.17. The summed E-state index contributed by atoms with van der Waals surface area (Å²) in [6.45, 7) is 3.33. The van der Waals surface area contributed by atoms with E-state index in [1.807, 2.05) is 87.8 Å². The number of carbonyl (C=O) groups is 2. The molecule has 1 aliphatic carbocycles. The Kier molecular flexibility index (Phi) is 5.96. The van der Waals surface area contributed by atoms with Gasteiger partial charge in [-0.3, -0.25) is 14.3 Å². The van der Waals surface area contributed by atoms with Gasteiger partial charge < -0.3 is 10.2 Å². The number of nitrogens with zero attached hydrogens (tertiary/aromatic N) is 5. The zero-order valence-electron chi connectivity index (χ0n) is 19.9. The number of anilines is 1. The smallest absolute Gasteiger partial charge is 0.276 e. The van der Waals surface area contributed by atoms with E-state index in [1.54, 1.807) is 4.68 Å². The van der Waals surface area contributed by atoms with Gasteiger partial charge in [-0.15, -0.1) is 10.2 Å². The molecule has 35 heavy (non-hydrogen) atoms. The maximum Gasteiger partial charge on any atom is 0.276 e. The van der Waals surface area contributed by atoms with Gasteiger partial charge in [-0.2, -0.15) is 5.10 Å². The lowest BCUT2D eigenvalue weighted by Gasteiger charge is -2.20. The summed E-state index contributed by atoms with van der Waals surface area (Å²) >= 11 is 0. The quantitative estimate of drug-likeness (QED) is 0.575. The molecule has 0 bridgehead atoms. The first-order valence-electron chi connectivity index (χ1n) is 11.5. The minimum absolute atomic E-state index is 0.213. The topological polar surface area (TPSA) is 92.0 Å². The number of allylic oxidation sites excluding steroid dienone is 3. The highest BCUT2D eigenvalue weighted by Gasteiger charge is 2.28. The molecule has 2 aromatic carbocycles. The second-order valence-electron chi connectivity index (χ2n) is 8.94. The van der Waals surface area contributed by atoms with Gasteiger partial charge >= 0.3 is 0 Å². The van der Waals surface area contributed by atoms with E-state index in [0.717, 1.165) is 34.1 Å². The van der Waals surface area contributed by atoms with Crippen molar-refractivity contribution in [3.8, 4) is 0 Å². The van der Waals surface area contributed by atoms with Crippen molar-refractivity contribution in [2.24, 2.45) is 16.1 Å². The Hall–Kier alpha value is -4.17. The predicted molar refractivity (Wildman–Crippen MR) is 136 cm³/mol. The van der Waals surface area contributed by atoms with Gasteiger partial charge in [0.15, 0.2) is 0 Å². The molecule has 0 fully saturated rings. The lowest BCUT2D eigenvalue weighted by molar-refractivity contribution is -0.119. The van der Waals surface area contributed by atoms with Crippen LogP contribution in [0.2, 0.25) is 0 Å². The van der Waals surface area contributed by atoms with Gasteiger partial charge in [0, 0.05) is 23.2 Å². The van der Waals surface area contributed by atoms with E-state index < -0.39 is 5.92 Å². The number of benzene rings is 2. The van der Waals surface area contributed by atoms with Crippen LogP contribution in [-0.2, 0) is 11.3 Å². The van der Waals surface area contributed by atoms with Crippen LogP contribution in [0.1, 0.15) is 21.6 Å². The van der Waals surface area contributed by atoms with Gasteiger partial charge in [0.05, 0.1) is 23.7 Å². The fraction of sp³-hybridized carbons (Fsp3) is 0.222. The number of likely N-dealkylation sites (N-methyl/N-ethyl adjacent to an activating group) is 1. The van der Waals surface area contributed by atoms with Crippen LogP contribution in [0, 0.1) is 12.8 Å². The van der Waals surface area contributed by atoms with E-state index in [0.29, 0.717) is 23.6 Å². The number of hydrogen-bond acceptors (Lipinski definition) is 5. The van der Waals surface area contributed by atoms with Gasteiger partial charge in [0.2, 0.25) is 0 Å². The van der Waals surface area contributed by atoms with Crippen molar-refractivity contribution < 1.29 is 9.59 Å². The first-order chi connectivity index (χ1) is 16.9. The van der Waals surface area contributed by atoms with E-state index >= 15 is 0 Å². The van der Waals surface area contributed by atoms with E-state index in [1.165, 1.54) is 0 Å². The molecule has 2 aliphatic rings. The Morgan fingerprint density at radius 1 is 1.11 bits per heavy atom. The van der Waals surface area contributed by atoms with E-state index in [9.17, 15) is 9.59 Å². The van der Waals surface area contributed by atoms with E-state index in [4.69, 9.17) is 0 Å². The van der Waals surface area contributed by atoms with Gasteiger partial charge in [-0.1, -0.05) is 48.6 Å². The van der Waals surface area contributed by atoms with Crippen LogP contribution in [0.15, 0.2) is 82.6 Å². The number of rotatable bonds is 6. The van der Waals surface area contributed by atoms with Crippen LogP contribution in [0.3, 0.4) is 0 Å². The summed E-state index contributed by atoms with van der Waals surface area (Å²) in [6, 6.07) is 13.3. The molecule has 0 radical (unpaired) electrons. The van der Waals surface area contributed by atoms with Crippen LogP contribution in [0.5, 0.6) is 0 Å². The average Bonchev–Trinajstić information content (AvgIpc) is 3.22. The van der Waals surface area contributed by atoms with Crippen molar-refractivity contribution in [2.75, 3.05) is 26.0 Å². The van der Waals surface area contributed by atoms with Crippen molar-refractivity contribution in [1.29, 1.82) is 0 Å². The standard InChI is InChI=1S/C27H26N6O2/c1-17-16-18(12-13-19(17)24-20-8-4-5-9-21(20)26(34)30-29-24)28-27(35)25-22-10-6-7-11-23(22)31-33(25)15-14-32(2)3/h4-13,16,21H,14-15H2,1-3H3,(H,28,35). The minimum atomic E-state index is -0.401. The Labute approximate surface area is 203 Å². The maximum atomic E-state index is 13.4. The number of hydrogen-bond donors (Lipinski definition) is 1. The van der Waals surface area contributed by atoms with Crippen LogP contribution >= 0.6 is 0 Å². The molecule has 1 N–H and O–H groups in total. The van der Waals surface area contributed by atoms with Gasteiger partial charge in [0.25, 0.3) is 11.8 Å². The summed E-state index contributed by atoms with van der Waals surface area (Å²) in [4.78, 5) is 27.6. The van der Waals surface area contributed by atoms with Gasteiger partial charge in [-0.05, 0) is 50.4 Å². The number of amides is 2. The summed E-state index contributed by atoms with van der Waals surface area (Å²) in [5, 5.41) is 16.6. The Balaban J connectivity index is 1.45. The normalized spacial score (nSPS) is 16.9. The monoisotopic (exact) mass is 466 g/mol. The first-order valence-corrected chi connectivity index (χ1v) is 11.5. The molecule has 8 nitrogen and oxygen atoms in total. The first kappa shape index (κ1) is 22.6. The molecule has 3 aromatic rings. The average molecular weight is 467 g/mol. The number of nitrogens with one attached hydrogen (secondary N) is 1. The third kappa shape index (κ3) is 4.36. The molecule has 0 spiro atoms.